The number of carbonyl (C=O) groups excluding carboxylic acids is 1. The Labute approximate surface area is 107 Å². The van der Waals surface area contributed by atoms with Gasteiger partial charge in [0.2, 0.25) is 0 Å². The molecule has 0 aliphatic heterocycles. The molecule has 100 valence electrons. The van der Waals surface area contributed by atoms with Crippen molar-refractivity contribution in [3.05, 3.63) is 24.8 Å². The molecular formula is C13H20N2O3. The Kier molecular flexibility index (Phi) is 5.42. The fraction of sp³-hybridized carbons (Fsp3) is 0.538. The van der Waals surface area contributed by atoms with E-state index in [9.17, 15) is 9.59 Å². The van der Waals surface area contributed by atoms with Crippen LogP contribution in [0.5, 0.6) is 0 Å². The summed E-state index contributed by atoms with van der Waals surface area (Å²) in [5.74, 6) is -1.33. The predicted octanol–water partition coefficient (Wildman–Crippen LogP) is 1.62. The Bertz CT molecular complexity index is 352. The minimum atomic E-state index is -0.845. The number of carboxylic acids is 1. The van der Waals surface area contributed by atoms with Crippen molar-refractivity contribution in [1.29, 1.82) is 0 Å². The number of nitrogens with zero attached hydrogens (tertiary/aromatic N) is 1. The fourth-order valence-corrected chi connectivity index (χ4v) is 1.83. The number of carboxylic acid groups (broad SMARTS) is 1. The summed E-state index contributed by atoms with van der Waals surface area (Å²) in [7, 11) is 1.73. The molecule has 2 atom stereocenters. The number of nitrogens with one attached hydrogen (secondary N) is 1. The number of urea groups is 1. The van der Waals surface area contributed by atoms with Gasteiger partial charge in [-0.25, -0.2) is 4.79 Å². The normalized spacial score (nSPS) is 21.6. The van der Waals surface area contributed by atoms with Gasteiger partial charge in [-0.3, -0.25) is 4.79 Å². The predicted molar refractivity (Wildman–Crippen MR) is 69.3 cm³/mol. The molecule has 1 rings (SSSR count). The smallest absolute Gasteiger partial charge is 0.317 e. The summed E-state index contributed by atoms with van der Waals surface area (Å²) in [5.41, 5.74) is 0. The van der Waals surface area contributed by atoms with Gasteiger partial charge in [-0.1, -0.05) is 18.2 Å². The van der Waals surface area contributed by atoms with E-state index < -0.39 is 11.9 Å². The lowest BCUT2D eigenvalue weighted by Gasteiger charge is -2.20. The van der Waals surface area contributed by atoms with Crippen LogP contribution in [-0.2, 0) is 4.79 Å². The van der Waals surface area contributed by atoms with Crippen LogP contribution in [0.25, 0.3) is 0 Å². The average Bonchev–Trinajstić information content (AvgIpc) is 2.77. The monoisotopic (exact) mass is 252 g/mol. The first-order chi connectivity index (χ1) is 8.54. The molecule has 1 aliphatic carbocycles. The van der Waals surface area contributed by atoms with Crippen LogP contribution < -0.4 is 5.32 Å². The molecule has 0 saturated carbocycles. The first kappa shape index (κ1) is 14.3. The van der Waals surface area contributed by atoms with Crippen LogP contribution in [0.3, 0.4) is 0 Å². The lowest BCUT2D eigenvalue weighted by atomic mass is 10.1. The minimum Gasteiger partial charge on any atom is -0.481 e. The maximum Gasteiger partial charge on any atom is 0.317 e. The summed E-state index contributed by atoms with van der Waals surface area (Å²) in [4.78, 5) is 24.1. The lowest BCUT2D eigenvalue weighted by Crippen LogP contribution is -2.42. The van der Waals surface area contributed by atoms with Gasteiger partial charge in [-0.05, 0) is 19.3 Å². The topological polar surface area (TPSA) is 69.6 Å². The molecule has 2 N–H and O–H groups in total. The van der Waals surface area contributed by atoms with E-state index in [-0.39, 0.29) is 12.1 Å². The third kappa shape index (κ3) is 4.24. The molecule has 0 radical (unpaired) electrons. The summed E-state index contributed by atoms with van der Waals surface area (Å²) in [6, 6.07) is -0.347. The van der Waals surface area contributed by atoms with E-state index in [0.717, 1.165) is 12.8 Å². The molecule has 0 fully saturated rings. The summed E-state index contributed by atoms with van der Waals surface area (Å²) < 4.78 is 0. The van der Waals surface area contributed by atoms with Crippen molar-refractivity contribution in [1.82, 2.24) is 10.2 Å². The Hall–Kier alpha value is -1.78. The van der Waals surface area contributed by atoms with Gasteiger partial charge < -0.3 is 15.3 Å². The molecule has 0 aromatic carbocycles. The number of hydrogen-bond acceptors (Lipinski definition) is 2. The maximum atomic E-state index is 11.8. The number of allylic oxidation sites excluding steroid dienone is 1. The van der Waals surface area contributed by atoms with Gasteiger partial charge in [0, 0.05) is 13.6 Å². The van der Waals surface area contributed by atoms with Crippen LogP contribution in [0.1, 0.15) is 19.3 Å². The van der Waals surface area contributed by atoms with Crippen molar-refractivity contribution in [3.8, 4) is 0 Å². The van der Waals surface area contributed by atoms with Crippen molar-refractivity contribution in [2.45, 2.75) is 25.3 Å². The van der Waals surface area contributed by atoms with Crippen molar-refractivity contribution in [3.63, 3.8) is 0 Å². The van der Waals surface area contributed by atoms with Crippen LogP contribution in [0.15, 0.2) is 24.8 Å². The molecule has 0 saturated heterocycles. The Balaban J connectivity index is 2.30. The minimum absolute atomic E-state index is 0.167. The second-order valence-corrected chi connectivity index (χ2v) is 4.47. The number of carbonyl (C=O) groups is 2. The molecule has 1 aliphatic rings. The molecule has 0 aromatic heterocycles. The zero-order chi connectivity index (χ0) is 13.5. The highest BCUT2D eigenvalue weighted by molar-refractivity contribution is 5.76. The molecule has 0 heterocycles. The van der Waals surface area contributed by atoms with Gasteiger partial charge in [0.1, 0.15) is 0 Å². The summed E-state index contributed by atoms with van der Waals surface area (Å²) in [6.45, 7) is 4.29. The molecule has 0 bridgehead atoms. The summed E-state index contributed by atoms with van der Waals surface area (Å²) in [6.07, 6.45) is 7.39. The zero-order valence-corrected chi connectivity index (χ0v) is 10.6. The molecule has 0 spiro atoms. The SMILES string of the molecule is C=CCCCN(C)C(=O)NC1C=CC(C(=O)O)C1. The Morgan fingerprint density at radius 1 is 1.56 bits per heavy atom. The summed E-state index contributed by atoms with van der Waals surface area (Å²) in [5, 5.41) is 11.6. The molecule has 5 heteroatoms. The Morgan fingerprint density at radius 3 is 2.83 bits per heavy atom. The number of aliphatic carboxylic acids is 1. The molecule has 5 nitrogen and oxygen atoms in total. The molecular weight excluding hydrogens is 232 g/mol. The van der Waals surface area contributed by atoms with Crippen molar-refractivity contribution in [2.75, 3.05) is 13.6 Å². The second kappa shape index (κ2) is 6.83. The summed E-state index contributed by atoms with van der Waals surface area (Å²) >= 11 is 0. The number of hydrogen-bond donors (Lipinski definition) is 2. The van der Waals surface area contributed by atoms with E-state index in [1.807, 2.05) is 6.08 Å². The van der Waals surface area contributed by atoms with E-state index >= 15 is 0 Å². The van der Waals surface area contributed by atoms with Crippen LogP contribution in [-0.4, -0.2) is 41.6 Å². The number of rotatable bonds is 6. The van der Waals surface area contributed by atoms with Gasteiger partial charge in [0.25, 0.3) is 0 Å². The van der Waals surface area contributed by atoms with Gasteiger partial charge in [0.05, 0.1) is 12.0 Å². The van der Waals surface area contributed by atoms with Gasteiger partial charge >= 0.3 is 12.0 Å². The highest BCUT2D eigenvalue weighted by Gasteiger charge is 2.25. The lowest BCUT2D eigenvalue weighted by molar-refractivity contribution is -0.140. The highest BCUT2D eigenvalue weighted by atomic mass is 16.4. The number of unbranched alkanes of at least 4 members (excludes halogenated alkanes) is 1. The molecule has 0 aromatic rings. The zero-order valence-electron chi connectivity index (χ0n) is 10.6. The largest absolute Gasteiger partial charge is 0.481 e. The van der Waals surface area contributed by atoms with Crippen molar-refractivity contribution in [2.24, 2.45) is 5.92 Å². The van der Waals surface area contributed by atoms with E-state index in [4.69, 9.17) is 5.11 Å². The van der Waals surface area contributed by atoms with E-state index in [1.54, 1.807) is 24.1 Å². The Morgan fingerprint density at radius 2 is 2.28 bits per heavy atom. The fourth-order valence-electron chi connectivity index (χ4n) is 1.83. The van der Waals surface area contributed by atoms with Crippen LogP contribution in [0, 0.1) is 5.92 Å². The quantitative estimate of drug-likeness (QED) is 0.557. The first-order valence-electron chi connectivity index (χ1n) is 6.08. The standard InChI is InChI=1S/C13H20N2O3/c1-3-4-5-8-15(2)13(18)14-11-7-6-10(9-11)12(16)17/h3,6-7,10-11H,1,4-5,8-9H2,2H3,(H,14,18)(H,16,17). The average molecular weight is 252 g/mol. The van der Waals surface area contributed by atoms with E-state index in [2.05, 4.69) is 11.9 Å². The van der Waals surface area contributed by atoms with Crippen LogP contribution in [0.2, 0.25) is 0 Å². The molecule has 2 unspecified atom stereocenters. The highest BCUT2D eigenvalue weighted by Crippen LogP contribution is 2.18. The van der Waals surface area contributed by atoms with Crippen molar-refractivity contribution >= 4 is 12.0 Å². The number of amides is 2. The van der Waals surface area contributed by atoms with Gasteiger partial charge in [-0.2, -0.15) is 0 Å². The van der Waals surface area contributed by atoms with Crippen LogP contribution in [0.4, 0.5) is 4.79 Å². The van der Waals surface area contributed by atoms with Gasteiger partial charge in [0.15, 0.2) is 0 Å². The maximum absolute atomic E-state index is 11.8. The third-order valence-corrected chi connectivity index (χ3v) is 2.96. The van der Waals surface area contributed by atoms with E-state index in [0.29, 0.717) is 13.0 Å². The van der Waals surface area contributed by atoms with Crippen molar-refractivity contribution < 1.29 is 14.7 Å². The first-order valence-corrected chi connectivity index (χ1v) is 6.08. The van der Waals surface area contributed by atoms with Gasteiger partial charge in [-0.15, -0.1) is 6.58 Å². The van der Waals surface area contributed by atoms with Crippen LogP contribution >= 0.6 is 0 Å². The second-order valence-electron chi connectivity index (χ2n) is 4.47. The molecule has 2 amide bonds. The third-order valence-electron chi connectivity index (χ3n) is 2.96. The molecule has 18 heavy (non-hydrogen) atoms. The van der Waals surface area contributed by atoms with E-state index in [1.165, 1.54) is 0 Å².